The molecule has 0 saturated heterocycles. The molecule has 0 amide bonds. The van der Waals surface area contributed by atoms with Gasteiger partial charge in [-0.05, 0) is 67.6 Å². The van der Waals surface area contributed by atoms with Gasteiger partial charge in [-0.25, -0.2) is 0 Å². The Labute approximate surface area is 141 Å². The van der Waals surface area contributed by atoms with E-state index in [-0.39, 0.29) is 15.5 Å². The monoisotopic (exact) mass is 342 g/mol. The molecule has 0 radical (unpaired) electrons. The van der Waals surface area contributed by atoms with Crippen LogP contribution in [0.15, 0.2) is 24.5 Å². The second-order valence-electron chi connectivity index (χ2n) is 7.20. The van der Waals surface area contributed by atoms with Crippen molar-refractivity contribution in [3.8, 4) is 0 Å². The zero-order valence-corrected chi connectivity index (χ0v) is 17.6. The van der Waals surface area contributed by atoms with Crippen molar-refractivity contribution < 1.29 is 0 Å². The smallest absolute Gasteiger partial charge is 0.0305 e. The summed E-state index contributed by atoms with van der Waals surface area (Å²) in [7, 11) is -0.481. The van der Waals surface area contributed by atoms with Gasteiger partial charge in [0.15, 0.2) is 0 Å². The highest BCUT2D eigenvalue weighted by Crippen LogP contribution is 2.79. The first-order valence-electron chi connectivity index (χ1n) is 8.66. The van der Waals surface area contributed by atoms with Gasteiger partial charge in [-0.1, -0.05) is 12.2 Å². The lowest BCUT2D eigenvalue weighted by Gasteiger charge is -2.51. The quantitative estimate of drug-likeness (QED) is 0.390. The van der Waals surface area contributed by atoms with E-state index in [9.17, 15) is 0 Å². The van der Waals surface area contributed by atoms with Gasteiger partial charge < -0.3 is 0 Å². The molecule has 0 fully saturated rings. The average Bonchev–Trinajstić information content (AvgIpc) is 2.38. The lowest BCUT2D eigenvalue weighted by molar-refractivity contribution is 0.314. The summed E-state index contributed by atoms with van der Waals surface area (Å²) in [5.74, 6) is 2.54. The maximum atomic E-state index is 4.17. The van der Waals surface area contributed by atoms with Gasteiger partial charge in [-0.2, -0.15) is 0 Å². The molecule has 1 aliphatic heterocycles. The minimum Gasteiger partial charge on any atom is -0.272 e. The molecule has 0 aliphatic carbocycles. The van der Waals surface area contributed by atoms with Crippen LogP contribution in [0, 0.1) is 0 Å². The average molecular weight is 342 g/mol. The summed E-state index contributed by atoms with van der Waals surface area (Å²) >= 11 is 0. The van der Waals surface area contributed by atoms with E-state index in [4.69, 9.17) is 0 Å². The van der Waals surface area contributed by atoms with Crippen LogP contribution in [0.3, 0.4) is 0 Å². The fourth-order valence-electron chi connectivity index (χ4n) is 3.40. The molecule has 0 bridgehead atoms. The minimum absolute atomic E-state index is 0.226. The van der Waals surface area contributed by atoms with Gasteiger partial charge in [-0.15, -0.1) is 6.58 Å². The Morgan fingerprint density at radius 1 is 0.909 bits per heavy atom. The third-order valence-electron chi connectivity index (χ3n) is 3.98. The van der Waals surface area contributed by atoms with Crippen molar-refractivity contribution in [1.29, 1.82) is 0 Å². The summed E-state index contributed by atoms with van der Waals surface area (Å²) in [5, 5.41) is 0. The zero-order chi connectivity index (χ0) is 17.0. The Kier molecular flexibility index (Phi) is 8.24. The maximum Gasteiger partial charge on any atom is 0.0305 e. The lowest BCUT2D eigenvalue weighted by Crippen LogP contribution is -2.39. The summed E-state index contributed by atoms with van der Waals surface area (Å²) < 4.78 is 5.54. The van der Waals surface area contributed by atoms with Crippen LogP contribution in [0.5, 0.6) is 0 Å². The maximum absolute atomic E-state index is 4.17. The first-order valence-corrected chi connectivity index (χ1v) is 12.1. The Balaban J connectivity index is 3.28. The van der Waals surface area contributed by atoms with E-state index in [1.54, 1.807) is 0 Å². The summed E-state index contributed by atoms with van der Waals surface area (Å²) in [4.78, 5) is 0. The molecule has 4 heteroatoms. The van der Waals surface area contributed by atoms with Gasteiger partial charge in [0.25, 0.3) is 0 Å². The molecule has 0 aromatic heterocycles. The van der Waals surface area contributed by atoms with Crippen molar-refractivity contribution in [1.82, 2.24) is 9.34 Å². The topological polar surface area (TPSA) is 6.48 Å². The normalized spacial score (nSPS) is 26.2. The Morgan fingerprint density at radius 3 is 1.73 bits per heavy atom. The molecule has 0 aromatic rings. The van der Waals surface area contributed by atoms with Crippen LogP contribution in [-0.4, -0.2) is 39.2 Å². The number of hydrogen-bond acceptors (Lipinski definition) is 2. The lowest BCUT2D eigenvalue weighted by atomic mass is 10.3. The van der Waals surface area contributed by atoms with Crippen LogP contribution in [0.4, 0.5) is 0 Å². The Bertz CT molecular complexity index is 361. The molecule has 0 aromatic carbocycles. The predicted molar refractivity (Wildman–Crippen MR) is 106 cm³/mol. The Morgan fingerprint density at radius 2 is 1.36 bits per heavy atom. The summed E-state index contributed by atoms with van der Waals surface area (Å²) in [5.41, 5.74) is 0.621. The molecule has 0 saturated carbocycles. The van der Waals surface area contributed by atoms with Gasteiger partial charge in [0, 0.05) is 45.3 Å². The first-order chi connectivity index (χ1) is 10.2. The van der Waals surface area contributed by atoms with Gasteiger partial charge in [0.05, 0.1) is 0 Å². The van der Waals surface area contributed by atoms with Gasteiger partial charge in [0.2, 0.25) is 0 Å². The molecule has 3 unspecified atom stereocenters. The van der Waals surface area contributed by atoms with E-state index in [2.05, 4.69) is 89.3 Å². The fourth-order valence-corrected chi connectivity index (χ4v) is 13.4. The SMILES string of the molecule is C=CC1CC=CP(N(C(C)C)C(C)C)P1N(C(C)C)C(C)C. The molecule has 0 spiro atoms. The number of allylic oxidation sites excluding steroid dienone is 2. The third-order valence-corrected chi connectivity index (χ3v) is 12.5. The van der Waals surface area contributed by atoms with Crippen LogP contribution in [0.25, 0.3) is 0 Å². The van der Waals surface area contributed by atoms with Crippen LogP contribution < -0.4 is 0 Å². The van der Waals surface area contributed by atoms with Crippen molar-refractivity contribution in [3.05, 3.63) is 24.5 Å². The largest absolute Gasteiger partial charge is 0.272 e. The van der Waals surface area contributed by atoms with Gasteiger partial charge >= 0.3 is 0 Å². The molecule has 1 heterocycles. The standard InChI is InChI=1S/C18H36N2P2/c1-10-18-12-11-13-21(19(14(2)3)15(4)5)22(18)20(16(6)7)17(8)9/h10-11,13-18H,1,12H2,2-9H3. The number of rotatable bonds is 7. The molecular formula is C18H36N2P2. The minimum atomic E-state index is -0.255. The molecular weight excluding hydrogens is 306 g/mol. The fraction of sp³-hybridized carbons (Fsp3) is 0.778. The highest BCUT2D eigenvalue weighted by atomic mass is 32.1. The second kappa shape index (κ2) is 8.93. The zero-order valence-electron chi connectivity index (χ0n) is 15.8. The van der Waals surface area contributed by atoms with E-state index in [1.165, 1.54) is 0 Å². The third kappa shape index (κ3) is 4.64. The van der Waals surface area contributed by atoms with Gasteiger partial charge in [-0.3, -0.25) is 9.34 Å². The predicted octanol–water partition coefficient (Wildman–Crippen LogP) is 6.40. The van der Waals surface area contributed by atoms with Crippen molar-refractivity contribution >= 4 is 15.5 Å². The molecule has 3 atom stereocenters. The van der Waals surface area contributed by atoms with Crippen LogP contribution in [-0.2, 0) is 0 Å². The molecule has 0 N–H and O–H groups in total. The van der Waals surface area contributed by atoms with E-state index < -0.39 is 0 Å². The molecule has 22 heavy (non-hydrogen) atoms. The first kappa shape index (κ1) is 20.3. The van der Waals surface area contributed by atoms with E-state index in [1.807, 2.05) is 0 Å². The molecule has 1 aliphatic rings. The highest BCUT2D eigenvalue weighted by molar-refractivity contribution is 8.29. The molecule has 128 valence electrons. The number of hydrogen-bond donors (Lipinski definition) is 0. The van der Waals surface area contributed by atoms with Crippen molar-refractivity contribution in [2.75, 3.05) is 0 Å². The van der Waals surface area contributed by atoms with Crippen LogP contribution in [0.2, 0.25) is 0 Å². The summed E-state index contributed by atoms with van der Waals surface area (Å²) in [6.45, 7) is 22.9. The molecule has 1 rings (SSSR count). The van der Waals surface area contributed by atoms with E-state index in [0.717, 1.165) is 6.42 Å². The van der Waals surface area contributed by atoms with Crippen LogP contribution in [0.1, 0.15) is 61.8 Å². The van der Waals surface area contributed by atoms with Crippen LogP contribution >= 0.6 is 15.5 Å². The van der Waals surface area contributed by atoms with Crippen molar-refractivity contribution in [3.63, 3.8) is 0 Å². The van der Waals surface area contributed by atoms with Gasteiger partial charge in [0.1, 0.15) is 0 Å². The number of nitrogens with zero attached hydrogens (tertiary/aromatic N) is 2. The highest BCUT2D eigenvalue weighted by Gasteiger charge is 2.40. The summed E-state index contributed by atoms with van der Waals surface area (Å²) in [6.07, 6.45) is 5.79. The van der Waals surface area contributed by atoms with E-state index >= 15 is 0 Å². The second-order valence-corrected chi connectivity index (χ2v) is 12.8. The Hall–Kier alpha value is 0.260. The summed E-state index contributed by atoms with van der Waals surface area (Å²) in [6, 6.07) is 2.36. The van der Waals surface area contributed by atoms with E-state index in [0.29, 0.717) is 29.8 Å². The van der Waals surface area contributed by atoms with Crippen molar-refractivity contribution in [2.45, 2.75) is 91.6 Å². The van der Waals surface area contributed by atoms with Crippen molar-refractivity contribution in [2.24, 2.45) is 0 Å². The molecule has 2 nitrogen and oxygen atoms in total.